The number of aliphatic imine (C=N–C) groups is 1. The van der Waals surface area contributed by atoms with E-state index in [4.69, 9.17) is 4.74 Å². The van der Waals surface area contributed by atoms with Crippen LogP contribution in [0.15, 0.2) is 4.99 Å². The van der Waals surface area contributed by atoms with Crippen LogP contribution in [0, 0.1) is 5.92 Å². The number of hydrogen-bond acceptors (Lipinski definition) is 4. The van der Waals surface area contributed by atoms with Crippen molar-refractivity contribution in [3.05, 3.63) is 0 Å². The predicted octanol–water partition coefficient (Wildman–Crippen LogP) is 2.21. The molecule has 0 amide bonds. The maximum Gasteiger partial charge on any atom is 0.191 e. The van der Waals surface area contributed by atoms with Gasteiger partial charge in [-0.25, -0.2) is 0 Å². The molecule has 2 rings (SSSR count). The molecule has 0 aromatic rings. The molecule has 1 saturated carbocycles. The lowest BCUT2D eigenvalue weighted by atomic mass is 10.0. The van der Waals surface area contributed by atoms with Gasteiger partial charge in [0.25, 0.3) is 0 Å². The molecule has 0 aromatic heterocycles. The molecule has 1 saturated heterocycles. The molecular formula is C19H39IN4O2. The van der Waals surface area contributed by atoms with Gasteiger partial charge in [-0.05, 0) is 32.1 Å². The molecule has 3 N–H and O–H groups in total. The van der Waals surface area contributed by atoms with Gasteiger partial charge in [-0.15, -0.1) is 24.0 Å². The average Bonchev–Trinajstić information content (AvgIpc) is 3.03. The standard InChI is InChI=1S/C19H38N4O2.HI/c1-4-20-18(22-15-19(24)7-5-6-8-19)21-14-17(13-16(2)3)23-9-11-25-12-10-23;/h16-17,24H,4-15H2,1-3H3,(H2,20,21,22);1H. The molecule has 0 bridgehead atoms. The van der Waals surface area contributed by atoms with E-state index in [9.17, 15) is 5.11 Å². The van der Waals surface area contributed by atoms with Crippen LogP contribution in [-0.2, 0) is 4.74 Å². The van der Waals surface area contributed by atoms with E-state index in [1.54, 1.807) is 0 Å². The highest BCUT2D eigenvalue weighted by Crippen LogP contribution is 2.29. The van der Waals surface area contributed by atoms with Crippen LogP contribution >= 0.6 is 24.0 Å². The smallest absolute Gasteiger partial charge is 0.191 e. The van der Waals surface area contributed by atoms with E-state index >= 15 is 0 Å². The van der Waals surface area contributed by atoms with E-state index in [2.05, 4.69) is 41.3 Å². The zero-order valence-corrected chi connectivity index (χ0v) is 19.1. The molecule has 2 aliphatic rings. The highest BCUT2D eigenvalue weighted by Gasteiger charge is 2.31. The van der Waals surface area contributed by atoms with Gasteiger partial charge in [0.15, 0.2) is 5.96 Å². The first-order valence-electron chi connectivity index (χ1n) is 10.1. The predicted molar refractivity (Wildman–Crippen MR) is 118 cm³/mol. The number of aliphatic hydroxyl groups is 1. The quantitative estimate of drug-likeness (QED) is 0.281. The highest BCUT2D eigenvalue weighted by molar-refractivity contribution is 14.0. The molecule has 0 radical (unpaired) electrons. The van der Waals surface area contributed by atoms with Crippen LogP contribution in [0.25, 0.3) is 0 Å². The second-order valence-corrected chi connectivity index (χ2v) is 7.94. The lowest BCUT2D eigenvalue weighted by Gasteiger charge is -2.35. The van der Waals surface area contributed by atoms with Crippen molar-refractivity contribution in [3.8, 4) is 0 Å². The van der Waals surface area contributed by atoms with E-state index in [-0.39, 0.29) is 24.0 Å². The Bertz CT molecular complexity index is 408. The average molecular weight is 482 g/mol. The summed E-state index contributed by atoms with van der Waals surface area (Å²) in [6.45, 7) is 12.5. The summed E-state index contributed by atoms with van der Waals surface area (Å²) in [6, 6.07) is 0.488. The van der Waals surface area contributed by atoms with Crippen LogP contribution in [-0.4, -0.2) is 73.5 Å². The third-order valence-electron chi connectivity index (χ3n) is 5.22. The van der Waals surface area contributed by atoms with Gasteiger partial charge < -0.3 is 20.5 Å². The summed E-state index contributed by atoms with van der Waals surface area (Å²) < 4.78 is 5.50. The van der Waals surface area contributed by atoms with Gasteiger partial charge in [0.1, 0.15) is 0 Å². The van der Waals surface area contributed by atoms with E-state index < -0.39 is 5.60 Å². The number of nitrogens with zero attached hydrogens (tertiary/aromatic N) is 2. The number of morpholine rings is 1. The fraction of sp³-hybridized carbons (Fsp3) is 0.947. The Morgan fingerprint density at radius 1 is 1.19 bits per heavy atom. The first-order valence-corrected chi connectivity index (χ1v) is 10.1. The summed E-state index contributed by atoms with van der Waals surface area (Å²) in [5, 5.41) is 17.4. The number of guanidine groups is 1. The Kier molecular flexibility index (Phi) is 11.4. The van der Waals surface area contributed by atoms with E-state index in [1.807, 2.05) is 0 Å². The largest absolute Gasteiger partial charge is 0.388 e. The lowest BCUT2D eigenvalue weighted by molar-refractivity contribution is 0.0132. The number of nitrogens with one attached hydrogen (secondary N) is 2. The van der Waals surface area contributed by atoms with Crippen molar-refractivity contribution in [1.82, 2.24) is 15.5 Å². The van der Waals surface area contributed by atoms with Crippen LogP contribution in [0.2, 0.25) is 0 Å². The topological polar surface area (TPSA) is 69.1 Å². The van der Waals surface area contributed by atoms with Gasteiger partial charge in [0.2, 0.25) is 0 Å². The molecule has 1 atom stereocenters. The van der Waals surface area contributed by atoms with Crippen molar-refractivity contribution in [2.75, 3.05) is 45.9 Å². The number of ether oxygens (including phenoxy) is 1. The third kappa shape index (κ3) is 8.27. The Morgan fingerprint density at radius 2 is 1.85 bits per heavy atom. The maximum atomic E-state index is 10.5. The number of rotatable bonds is 8. The molecule has 1 unspecified atom stereocenters. The van der Waals surface area contributed by atoms with Crippen LogP contribution in [0.1, 0.15) is 52.9 Å². The number of halogens is 1. The molecule has 1 aliphatic carbocycles. The zero-order valence-electron chi connectivity index (χ0n) is 16.8. The molecule has 0 aromatic carbocycles. The summed E-state index contributed by atoms with van der Waals surface area (Å²) in [6.07, 6.45) is 5.14. The maximum absolute atomic E-state index is 10.5. The third-order valence-corrected chi connectivity index (χ3v) is 5.22. The summed E-state index contributed by atoms with van der Waals surface area (Å²) in [5.41, 5.74) is -0.593. The Labute approximate surface area is 176 Å². The van der Waals surface area contributed by atoms with Crippen molar-refractivity contribution in [2.45, 2.75) is 64.5 Å². The lowest BCUT2D eigenvalue weighted by Crippen LogP contribution is -2.51. The van der Waals surface area contributed by atoms with Gasteiger partial charge >= 0.3 is 0 Å². The van der Waals surface area contributed by atoms with E-state index in [0.29, 0.717) is 18.5 Å². The first-order chi connectivity index (χ1) is 12.0. The van der Waals surface area contributed by atoms with Crippen molar-refractivity contribution in [2.24, 2.45) is 10.9 Å². The Morgan fingerprint density at radius 3 is 2.42 bits per heavy atom. The van der Waals surface area contributed by atoms with Gasteiger partial charge in [0.05, 0.1) is 25.4 Å². The van der Waals surface area contributed by atoms with Crippen molar-refractivity contribution >= 4 is 29.9 Å². The van der Waals surface area contributed by atoms with Crippen LogP contribution in [0.3, 0.4) is 0 Å². The second kappa shape index (κ2) is 12.4. The highest BCUT2D eigenvalue weighted by atomic mass is 127. The molecule has 0 spiro atoms. The van der Waals surface area contributed by atoms with Crippen LogP contribution < -0.4 is 10.6 Å². The molecule has 1 heterocycles. The minimum atomic E-state index is -0.593. The van der Waals surface area contributed by atoms with Gasteiger partial charge in [-0.1, -0.05) is 26.7 Å². The summed E-state index contributed by atoms with van der Waals surface area (Å²) >= 11 is 0. The minimum Gasteiger partial charge on any atom is -0.388 e. The summed E-state index contributed by atoms with van der Waals surface area (Å²) in [4.78, 5) is 7.20. The fourth-order valence-electron chi connectivity index (χ4n) is 3.82. The molecule has 7 heteroatoms. The second-order valence-electron chi connectivity index (χ2n) is 7.94. The SMILES string of the molecule is CCNC(=NCC1(O)CCCC1)NCC(CC(C)C)N1CCOCC1.I. The van der Waals surface area contributed by atoms with Crippen molar-refractivity contribution < 1.29 is 9.84 Å². The van der Waals surface area contributed by atoms with Gasteiger partial charge in [0, 0.05) is 32.2 Å². The Balaban J connectivity index is 0.00000338. The molecule has 154 valence electrons. The van der Waals surface area contributed by atoms with Crippen LogP contribution in [0.5, 0.6) is 0 Å². The zero-order chi connectivity index (χ0) is 18.1. The van der Waals surface area contributed by atoms with Crippen LogP contribution in [0.4, 0.5) is 0 Å². The number of hydrogen-bond donors (Lipinski definition) is 3. The minimum absolute atomic E-state index is 0. The normalized spacial score (nSPS) is 22.1. The molecule has 1 aliphatic heterocycles. The van der Waals surface area contributed by atoms with E-state index in [0.717, 1.165) is 77.5 Å². The fourth-order valence-corrected chi connectivity index (χ4v) is 3.82. The summed E-state index contributed by atoms with van der Waals surface area (Å²) in [5.74, 6) is 1.48. The Hall–Kier alpha value is -0.120. The van der Waals surface area contributed by atoms with Crippen molar-refractivity contribution in [1.29, 1.82) is 0 Å². The van der Waals surface area contributed by atoms with Gasteiger partial charge in [-0.2, -0.15) is 0 Å². The van der Waals surface area contributed by atoms with E-state index in [1.165, 1.54) is 0 Å². The van der Waals surface area contributed by atoms with Gasteiger partial charge in [-0.3, -0.25) is 9.89 Å². The first kappa shape index (κ1) is 23.9. The molecule has 2 fully saturated rings. The molecule has 26 heavy (non-hydrogen) atoms. The molecule has 6 nitrogen and oxygen atoms in total. The molecular weight excluding hydrogens is 443 g/mol. The monoisotopic (exact) mass is 482 g/mol. The van der Waals surface area contributed by atoms with Crippen molar-refractivity contribution in [3.63, 3.8) is 0 Å². The summed E-state index contributed by atoms with van der Waals surface area (Å²) in [7, 11) is 0.